The summed E-state index contributed by atoms with van der Waals surface area (Å²) >= 11 is 0. The van der Waals surface area contributed by atoms with Crippen molar-refractivity contribution in [3.8, 4) is 0 Å². The van der Waals surface area contributed by atoms with Gasteiger partial charge in [0.1, 0.15) is 0 Å². The third kappa shape index (κ3) is 8.07. The maximum absolute atomic E-state index is 11.9. The lowest BCUT2D eigenvalue weighted by Gasteiger charge is -2.22. The Morgan fingerprint density at radius 3 is 2.68 bits per heavy atom. The van der Waals surface area contributed by atoms with Crippen LogP contribution in [0.25, 0.3) is 0 Å². The Balaban J connectivity index is 0.00000312. The van der Waals surface area contributed by atoms with E-state index in [1.165, 1.54) is 24.8 Å². The zero-order chi connectivity index (χ0) is 17.4. The summed E-state index contributed by atoms with van der Waals surface area (Å²) in [5.74, 6) is 0.884. The topological polar surface area (TPSA) is 79.5 Å². The zero-order valence-electron chi connectivity index (χ0n) is 15.3. The van der Waals surface area contributed by atoms with Crippen molar-refractivity contribution in [1.29, 1.82) is 0 Å². The van der Waals surface area contributed by atoms with Gasteiger partial charge in [0, 0.05) is 18.2 Å². The van der Waals surface area contributed by atoms with Crippen LogP contribution < -0.4 is 16.4 Å². The number of anilines is 1. The number of nitrogens with two attached hydrogens (primary N) is 1. The molecule has 0 radical (unpaired) electrons. The lowest BCUT2D eigenvalue weighted by atomic mass is 9.95. The van der Waals surface area contributed by atoms with Crippen molar-refractivity contribution < 1.29 is 4.79 Å². The largest absolute Gasteiger partial charge is 0.370 e. The maximum Gasteiger partial charge on any atom is 0.222 e. The molecule has 0 unspecified atom stereocenters. The second-order valence-electron chi connectivity index (χ2n) is 6.82. The lowest BCUT2D eigenvalue weighted by molar-refractivity contribution is -0.121. The van der Waals surface area contributed by atoms with E-state index in [0.29, 0.717) is 30.9 Å². The van der Waals surface area contributed by atoms with Gasteiger partial charge in [0.15, 0.2) is 5.96 Å². The van der Waals surface area contributed by atoms with Crippen LogP contribution in [-0.4, -0.2) is 24.5 Å². The van der Waals surface area contributed by atoms with Gasteiger partial charge in [-0.25, -0.2) is 0 Å². The molecule has 0 heterocycles. The molecule has 140 valence electrons. The highest BCUT2D eigenvalue weighted by Crippen LogP contribution is 2.18. The van der Waals surface area contributed by atoms with Crippen molar-refractivity contribution in [3.63, 3.8) is 0 Å². The van der Waals surface area contributed by atoms with E-state index in [2.05, 4.69) is 41.6 Å². The quantitative estimate of drug-likeness (QED) is 0.343. The lowest BCUT2D eigenvalue weighted by Crippen LogP contribution is -2.36. The highest BCUT2D eigenvalue weighted by Gasteiger charge is 2.15. The molecule has 0 saturated heterocycles. The fourth-order valence-corrected chi connectivity index (χ4v) is 2.99. The van der Waals surface area contributed by atoms with E-state index in [4.69, 9.17) is 5.73 Å². The van der Waals surface area contributed by atoms with Crippen LogP contribution in [0.4, 0.5) is 5.69 Å². The average molecular weight is 458 g/mol. The first kappa shape index (κ1) is 21.7. The molecule has 5 nitrogen and oxygen atoms in total. The van der Waals surface area contributed by atoms with E-state index in [1.807, 2.05) is 12.1 Å². The Labute approximate surface area is 168 Å². The number of aliphatic imine (C=N–C) groups is 1. The Kier molecular flexibility index (Phi) is 9.85. The van der Waals surface area contributed by atoms with Gasteiger partial charge in [-0.1, -0.05) is 45.2 Å². The number of nitrogens with one attached hydrogen (secondary N) is 2. The minimum absolute atomic E-state index is 0. The maximum atomic E-state index is 11.9. The second-order valence-corrected chi connectivity index (χ2v) is 6.82. The molecule has 1 fully saturated rings. The van der Waals surface area contributed by atoms with Crippen molar-refractivity contribution >= 4 is 41.5 Å². The number of carbonyl (C=O) groups excluding carboxylic acids is 1. The van der Waals surface area contributed by atoms with Crippen molar-refractivity contribution in [3.05, 3.63) is 29.8 Å². The molecular weight excluding hydrogens is 427 g/mol. The summed E-state index contributed by atoms with van der Waals surface area (Å²) in [6.45, 7) is 4.71. The fraction of sp³-hybridized carbons (Fsp3) is 0.579. The summed E-state index contributed by atoms with van der Waals surface area (Å²) in [6.07, 6.45) is 6.31. The van der Waals surface area contributed by atoms with Crippen LogP contribution in [0.5, 0.6) is 0 Å². The number of hydrogen-bond acceptors (Lipinski definition) is 2. The van der Waals surface area contributed by atoms with Gasteiger partial charge < -0.3 is 16.4 Å². The Hall–Kier alpha value is -1.31. The highest BCUT2D eigenvalue weighted by molar-refractivity contribution is 14.0. The molecule has 25 heavy (non-hydrogen) atoms. The number of halogens is 1. The predicted molar refractivity (Wildman–Crippen MR) is 116 cm³/mol. The summed E-state index contributed by atoms with van der Waals surface area (Å²) < 4.78 is 0. The summed E-state index contributed by atoms with van der Waals surface area (Å²) in [4.78, 5) is 16.2. The van der Waals surface area contributed by atoms with Crippen molar-refractivity contribution in [1.82, 2.24) is 5.32 Å². The SMILES string of the molecule is CC(C)c1cccc(NC(N)=NCCC(=O)NC2CCCCC2)c1.I. The Morgan fingerprint density at radius 1 is 1.28 bits per heavy atom. The van der Waals surface area contributed by atoms with Gasteiger partial charge in [-0.3, -0.25) is 9.79 Å². The highest BCUT2D eigenvalue weighted by atomic mass is 127. The summed E-state index contributed by atoms with van der Waals surface area (Å²) in [6, 6.07) is 8.48. The molecule has 0 bridgehead atoms. The summed E-state index contributed by atoms with van der Waals surface area (Å²) in [5, 5.41) is 6.18. The first-order chi connectivity index (χ1) is 11.5. The summed E-state index contributed by atoms with van der Waals surface area (Å²) in [5.41, 5.74) is 8.08. The number of carbonyl (C=O) groups is 1. The monoisotopic (exact) mass is 458 g/mol. The third-order valence-electron chi connectivity index (χ3n) is 4.42. The van der Waals surface area contributed by atoms with Gasteiger partial charge in [-0.15, -0.1) is 24.0 Å². The van der Waals surface area contributed by atoms with Crippen LogP contribution in [-0.2, 0) is 4.79 Å². The average Bonchev–Trinajstić information content (AvgIpc) is 2.56. The first-order valence-electron chi connectivity index (χ1n) is 9.01. The smallest absolute Gasteiger partial charge is 0.222 e. The first-order valence-corrected chi connectivity index (χ1v) is 9.01. The third-order valence-corrected chi connectivity index (χ3v) is 4.42. The molecule has 1 aliphatic rings. The van der Waals surface area contributed by atoms with Crippen molar-refractivity contribution in [2.45, 2.75) is 64.3 Å². The minimum Gasteiger partial charge on any atom is -0.370 e. The number of benzene rings is 1. The number of nitrogens with zero attached hydrogens (tertiary/aromatic N) is 1. The van der Waals surface area contributed by atoms with Gasteiger partial charge in [0.25, 0.3) is 0 Å². The Morgan fingerprint density at radius 2 is 2.00 bits per heavy atom. The Bertz CT molecular complexity index is 568. The molecule has 4 N–H and O–H groups in total. The van der Waals surface area contributed by atoms with Crippen LogP contribution >= 0.6 is 24.0 Å². The predicted octanol–water partition coefficient (Wildman–Crippen LogP) is 3.99. The summed E-state index contributed by atoms with van der Waals surface area (Å²) in [7, 11) is 0. The van der Waals surface area contributed by atoms with E-state index >= 15 is 0 Å². The molecule has 1 amide bonds. The molecule has 6 heteroatoms. The van der Waals surface area contributed by atoms with E-state index < -0.39 is 0 Å². The van der Waals surface area contributed by atoms with E-state index in [9.17, 15) is 4.79 Å². The minimum atomic E-state index is 0. The molecule has 1 aliphatic carbocycles. The molecule has 0 aliphatic heterocycles. The zero-order valence-corrected chi connectivity index (χ0v) is 17.6. The number of guanidine groups is 1. The van der Waals surface area contributed by atoms with E-state index in [1.54, 1.807) is 0 Å². The van der Waals surface area contributed by atoms with Crippen molar-refractivity contribution in [2.75, 3.05) is 11.9 Å². The molecule has 2 rings (SSSR count). The van der Waals surface area contributed by atoms with Crippen molar-refractivity contribution in [2.24, 2.45) is 10.7 Å². The standard InChI is InChI=1S/C19H30N4O.HI/c1-14(2)15-7-6-10-17(13-15)23-19(20)21-12-11-18(24)22-16-8-4-3-5-9-16;/h6-7,10,13-14,16H,3-5,8-9,11-12H2,1-2H3,(H,22,24)(H3,20,21,23);1H. The molecule has 0 aromatic heterocycles. The number of rotatable bonds is 6. The van der Waals surface area contributed by atoms with Crippen LogP contribution in [0.2, 0.25) is 0 Å². The van der Waals surface area contributed by atoms with Crippen LogP contribution in [0.3, 0.4) is 0 Å². The molecule has 1 saturated carbocycles. The van der Waals surface area contributed by atoms with E-state index in [0.717, 1.165) is 18.5 Å². The molecule has 0 spiro atoms. The van der Waals surface area contributed by atoms with Gasteiger partial charge in [-0.2, -0.15) is 0 Å². The van der Waals surface area contributed by atoms with Gasteiger partial charge in [-0.05, 0) is 36.5 Å². The number of hydrogen-bond donors (Lipinski definition) is 3. The molecular formula is C19H31IN4O. The van der Waals surface area contributed by atoms with Gasteiger partial charge in [0.2, 0.25) is 5.91 Å². The number of amides is 1. The fourth-order valence-electron chi connectivity index (χ4n) is 2.99. The normalized spacial score (nSPS) is 15.6. The van der Waals surface area contributed by atoms with Gasteiger partial charge in [0.05, 0.1) is 6.54 Å². The second kappa shape index (κ2) is 11.3. The molecule has 1 aromatic rings. The van der Waals surface area contributed by atoms with Crippen LogP contribution in [0.15, 0.2) is 29.3 Å². The molecule has 0 atom stereocenters. The van der Waals surface area contributed by atoms with Crippen LogP contribution in [0.1, 0.15) is 63.9 Å². The molecule has 1 aromatic carbocycles. The van der Waals surface area contributed by atoms with Crippen LogP contribution in [0, 0.1) is 0 Å². The van der Waals surface area contributed by atoms with Gasteiger partial charge >= 0.3 is 0 Å². The van der Waals surface area contributed by atoms with E-state index in [-0.39, 0.29) is 29.9 Å².